The van der Waals surface area contributed by atoms with Gasteiger partial charge >= 0.3 is 0 Å². The van der Waals surface area contributed by atoms with Gasteiger partial charge in [0.25, 0.3) is 11.1 Å². The van der Waals surface area contributed by atoms with Crippen LogP contribution in [0.5, 0.6) is 0 Å². The molecule has 0 spiro atoms. The molecule has 8 aromatic heterocycles. The smallest absolute Gasteiger partial charge is 0.274 e. The van der Waals surface area contributed by atoms with Crippen molar-refractivity contribution < 1.29 is 0 Å². The zero-order valence-electron chi connectivity index (χ0n) is 14.4. The minimum absolute atomic E-state index is 0.0707. The van der Waals surface area contributed by atoms with Crippen molar-refractivity contribution in [2.45, 2.75) is 0 Å². The number of nitrogens with zero attached hydrogens (tertiary/aromatic N) is 3. The van der Waals surface area contributed by atoms with Crippen molar-refractivity contribution in [2.75, 3.05) is 0 Å². The van der Waals surface area contributed by atoms with Gasteiger partial charge in [-0.25, -0.2) is 4.98 Å². The van der Waals surface area contributed by atoms with Gasteiger partial charge in [0.1, 0.15) is 5.52 Å². The molecule has 0 unspecified atom stereocenters. The van der Waals surface area contributed by atoms with E-state index in [1.54, 1.807) is 49.0 Å². The molecule has 0 atom stereocenters. The van der Waals surface area contributed by atoms with Crippen LogP contribution in [0.3, 0.4) is 0 Å². The quantitative estimate of drug-likeness (QED) is 0.314. The van der Waals surface area contributed by atoms with Crippen LogP contribution in [0.2, 0.25) is 0 Å². The largest absolute Gasteiger partial charge is 0.282 e. The standard InChI is InChI=1S/C21H7N3O2S3/c25-20-8-7-22-17-16-15(8)18(11-5-13-9(23(11)20)1-3-27-13)29-19(16)12-6-14-10(2-4-28-14)24(12)21(17)26/h1-7H. The van der Waals surface area contributed by atoms with Crippen molar-refractivity contribution in [3.05, 3.63) is 61.9 Å². The molecule has 0 aliphatic heterocycles. The summed E-state index contributed by atoms with van der Waals surface area (Å²) in [6.45, 7) is 0. The topological polar surface area (TPSA) is 55.8 Å². The second-order valence-corrected chi connectivity index (χ2v) is 10.1. The highest BCUT2D eigenvalue weighted by atomic mass is 32.1. The molecule has 136 valence electrons. The Morgan fingerprint density at radius 2 is 1.38 bits per heavy atom. The van der Waals surface area contributed by atoms with Crippen LogP contribution in [0.1, 0.15) is 0 Å². The molecule has 0 aliphatic carbocycles. The van der Waals surface area contributed by atoms with Gasteiger partial charge in [0.2, 0.25) is 0 Å². The third kappa shape index (κ3) is 1.49. The molecule has 0 aromatic carbocycles. The summed E-state index contributed by atoms with van der Waals surface area (Å²) < 4.78 is 7.80. The Kier molecular flexibility index (Phi) is 2.34. The molecule has 29 heavy (non-hydrogen) atoms. The summed E-state index contributed by atoms with van der Waals surface area (Å²) in [6.07, 6.45) is 1.58. The lowest BCUT2D eigenvalue weighted by Crippen LogP contribution is -2.15. The summed E-state index contributed by atoms with van der Waals surface area (Å²) in [5, 5.41) is 6.28. The number of aromatic nitrogens is 3. The van der Waals surface area contributed by atoms with E-state index in [2.05, 4.69) is 17.1 Å². The fourth-order valence-corrected chi connectivity index (χ4v) is 7.64. The Balaban J connectivity index is 1.80. The van der Waals surface area contributed by atoms with Crippen molar-refractivity contribution in [1.82, 2.24) is 13.8 Å². The van der Waals surface area contributed by atoms with Gasteiger partial charge in [-0.05, 0) is 35.0 Å². The highest BCUT2D eigenvalue weighted by Gasteiger charge is 2.24. The van der Waals surface area contributed by atoms with Crippen molar-refractivity contribution in [1.29, 1.82) is 0 Å². The van der Waals surface area contributed by atoms with Gasteiger partial charge in [-0.2, -0.15) is 0 Å². The van der Waals surface area contributed by atoms with Crippen molar-refractivity contribution >= 4 is 96.6 Å². The molecule has 8 heteroatoms. The van der Waals surface area contributed by atoms with E-state index in [4.69, 9.17) is 0 Å². The molecule has 8 rings (SSSR count). The highest BCUT2D eigenvalue weighted by Crippen LogP contribution is 2.44. The first-order chi connectivity index (χ1) is 14.2. The molecule has 0 radical (unpaired) electrons. The number of thiophene rings is 3. The molecular weight excluding hydrogens is 422 g/mol. The average Bonchev–Trinajstić information content (AvgIpc) is 3.48. The maximum Gasteiger partial charge on any atom is 0.282 e. The first kappa shape index (κ1) is 14.9. The molecular formula is C21H7N3O2S3. The lowest BCUT2D eigenvalue weighted by molar-refractivity contribution is 1.18. The van der Waals surface area contributed by atoms with Gasteiger partial charge in [-0.15, -0.1) is 34.0 Å². The van der Waals surface area contributed by atoms with E-state index in [0.717, 1.165) is 51.6 Å². The summed E-state index contributed by atoms with van der Waals surface area (Å²) >= 11 is 4.91. The summed E-state index contributed by atoms with van der Waals surface area (Å²) in [4.78, 5) is 31.2. The van der Waals surface area contributed by atoms with Crippen LogP contribution in [0.4, 0.5) is 0 Å². The van der Waals surface area contributed by atoms with Gasteiger partial charge in [0.15, 0.2) is 0 Å². The zero-order chi connectivity index (χ0) is 19.0. The molecule has 0 aliphatic rings. The second-order valence-electron chi connectivity index (χ2n) is 7.21. The number of pyridine rings is 3. The van der Waals surface area contributed by atoms with E-state index >= 15 is 0 Å². The van der Waals surface area contributed by atoms with Crippen LogP contribution in [0, 0.1) is 0 Å². The Morgan fingerprint density at radius 3 is 2.07 bits per heavy atom. The van der Waals surface area contributed by atoms with E-state index in [1.807, 2.05) is 22.9 Å². The normalized spacial score (nSPS) is 13.1. The number of rotatable bonds is 0. The number of hydrogen-bond acceptors (Lipinski definition) is 6. The maximum absolute atomic E-state index is 13.4. The van der Waals surface area contributed by atoms with E-state index in [9.17, 15) is 9.59 Å². The molecule has 0 amide bonds. The third-order valence-corrected chi connectivity index (χ3v) is 8.83. The molecule has 0 N–H and O–H groups in total. The Morgan fingerprint density at radius 1 is 0.759 bits per heavy atom. The zero-order valence-corrected chi connectivity index (χ0v) is 16.9. The lowest BCUT2D eigenvalue weighted by atomic mass is 10.1. The van der Waals surface area contributed by atoms with Gasteiger partial charge in [-0.3, -0.25) is 18.4 Å². The number of fused-ring (bicyclic) bond motifs is 8. The molecule has 5 nitrogen and oxygen atoms in total. The Labute approximate surface area is 172 Å². The van der Waals surface area contributed by atoms with Gasteiger partial charge < -0.3 is 0 Å². The lowest BCUT2D eigenvalue weighted by Gasteiger charge is -2.04. The molecule has 8 aromatic rings. The van der Waals surface area contributed by atoms with E-state index in [0.29, 0.717) is 10.9 Å². The molecule has 0 saturated carbocycles. The van der Waals surface area contributed by atoms with Crippen LogP contribution in [0.25, 0.3) is 62.5 Å². The van der Waals surface area contributed by atoms with Gasteiger partial charge in [0.05, 0.1) is 46.3 Å². The van der Waals surface area contributed by atoms with Crippen molar-refractivity contribution in [2.24, 2.45) is 0 Å². The third-order valence-electron chi connectivity index (χ3n) is 5.89. The van der Waals surface area contributed by atoms with Crippen LogP contribution >= 0.6 is 34.0 Å². The van der Waals surface area contributed by atoms with Gasteiger partial charge in [-0.1, -0.05) is 0 Å². The van der Waals surface area contributed by atoms with E-state index in [1.165, 1.54) is 0 Å². The van der Waals surface area contributed by atoms with E-state index in [-0.39, 0.29) is 11.1 Å². The first-order valence-electron chi connectivity index (χ1n) is 8.96. The molecule has 8 heterocycles. The summed E-state index contributed by atoms with van der Waals surface area (Å²) in [5.74, 6) is 0. The summed E-state index contributed by atoms with van der Waals surface area (Å²) in [5.41, 5.74) is 3.92. The first-order valence-corrected chi connectivity index (χ1v) is 11.5. The predicted octanol–water partition coefficient (Wildman–Crippen LogP) is 5.13. The average molecular weight is 430 g/mol. The molecule has 0 saturated heterocycles. The maximum atomic E-state index is 13.4. The van der Waals surface area contributed by atoms with Crippen LogP contribution in [-0.4, -0.2) is 13.8 Å². The SMILES string of the molecule is O=c1c2cnc3c(=O)n4c5ccsc5cc4c4sc(c2c34)c2cc3sccc3n12. The number of hydrogen-bond donors (Lipinski definition) is 0. The fraction of sp³-hybridized carbons (Fsp3) is 0. The molecule has 0 fully saturated rings. The fourth-order valence-electron chi connectivity index (χ4n) is 4.71. The van der Waals surface area contributed by atoms with Crippen LogP contribution in [-0.2, 0) is 0 Å². The predicted molar refractivity (Wildman–Crippen MR) is 122 cm³/mol. The Bertz CT molecular complexity index is 1920. The van der Waals surface area contributed by atoms with Crippen LogP contribution in [0.15, 0.2) is 50.8 Å². The highest BCUT2D eigenvalue weighted by molar-refractivity contribution is 7.27. The molecule has 0 bridgehead atoms. The van der Waals surface area contributed by atoms with Crippen molar-refractivity contribution in [3.8, 4) is 0 Å². The van der Waals surface area contributed by atoms with Gasteiger partial charge in [0, 0.05) is 17.0 Å². The summed E-state index contributed by atoms with van der Waals surface area (Å²) in [7, 11) is 0. The summed E-state index contributed by atoms with van der Waals surface area (Å²) in [6, 6.07) is 8.14. The monoisotopic (exact) mass is 429 g/mol. The minimum Gasteiger partial charge on any atom is -0.274 e. The Hall–Kier alpha value is -3.07. The minimum atomic E-state index is -0.119. The van der Waals surface area contributed by atoms with Crippen molar-refractivity contribution in [3.63, 3.8) is 0 Å². The second kappa shape index (κ2) is 4.56. The van der Waals surface area contributed by atoms with E-state index < -0.39 is 0 Å². The van der Waals surface area contributed by atoms with Crippen LogP contribution < -0.4 is 11.1 Å².